The highest BCUT2D eigenvalue weighted by molar-refractivity contribution is 5.83. The summed E-state index contributed by atoms with van der Waals surface area (Å²) in [5.41, 5.74) is 2.13. The van der Waals surface area contributed by atoms with Crippen molar-refractivity contribution in [3.63, 3.8) is 0 Å². The van der Waals surface area contributed by atoms with Crippen molar-refractivity contribution in [3.8, 4) is 23.3 Å². The molecule has 1 N–H and O–H groups in total. The standard InChI is InChI=1S/C29H31FN2O4/c1-35-22-7-3-5-20(17-22)6-4-15-32-16-13-21(26(19-32)29(33)34)8-10-27(30)24-12-14-31-28-11-9-23(36-2)18-25(24)28/h3,5,7,9,11-12,14,17-18,21,26-27H,8,10,13,15-16,19H2,1-2H3,(H,33,34)/t21-,26+,27-/m1/s1. The number of fused-ring (bicyclic) bond motifs is 1. The SMILES string of the molecule is COc1cccc(C#CCN2CC[C@@H](CC[C@@H](F)c3ccnc4ccc(OC)cc34)[C@@H](C(=O)O)C2)c1. The van der Waals surface area contributed by atoms with Crippen molar-refractivity contribution < 1.29 is 23.8 Å². The number of carbonyl (C=O) groups is 1. The Balaban J connectivity index is 1.37. The van der Waals surface area contributed by atoms with Crippen LogP contribution in [0, 0.1) is 23.7 Å². The zero-order chi connectivity index (χ0) is 25.5. The van der Waals surface area contributed by atoms with Crippen molar-refractivity contribution in [1.82, 2.24) is 9.88 Å². The number of aromatic nitrogens is 1. The Hall–Kier alpha value is -3.63. The fourth-order valence-corrected chi connectivity index (χ4v) is 4.85. The molecule has 0 saturated carbocycles. The van der Waals surface area contributed by atoms with Gasteiger partial charge in [0.2, 0.25) is 0 Å². The molecule has 0 radical (unpaired) electrons. The fourth-order valence-electron chi connectivity index (χ4n) is 4.85. The third-order valence-corrected chi connectivity index (χ3v) is 6.87. The van der Waals surface area contributed by atoms with E-state index in [2.05, 4.69) is 21.7 Å². The van der Waals surface area contributed by atoms with Gasteiger partial charge in [-0.15, -0.1) is 0 Å². The van der Waals surface area contributed by atoms with E-state index in [0.717, 1.165) is 23.2 Å². The van der Waals surface area contributed by atoms with Gasteiger partial charge in [-0.2, -0.15) is 0 Å². The van der Waals surface area contributed by atoms with Gasteiger partial charge in [0.05, 0.1) is 32.2 Å². The van der Waals surface area contributed by atoms with Gasteiger partial charge in [-0.05, 0) is 79.8 Å². The van der Waals surface area contributed by atoms with Crippen LogP contribution in [0.2, 0.25) is 0 Å². The van der Waals surface area contributed by atoms with Gasteiger partial charge < -0.3 is 14.6 Å². The lowest BCUT2D eigenvalue weighted by Crippen LogP contribution is -2.44. The topological polar surface area (TPSA) is 71.9 Å². The number of carboxylic acid groups (broad SMARTS) is 1. The summed E-state index contributed by atoms with van der Waals surface area (Å²) in [5.74, 6) is 6.21. The number of piperidine rings is 1. The van der Waals surface area contributed by atoms with E-state index in [-0.39, 0.29) is 12.3 Å². The Labute approximate surface area is 211 Å². The lowest BCUT2D eigenvalue weighted by atomic mass is 9.81. The van der Waals surface area contributed by atoms with E-state index in [0.29, 0.717) is 42.8 Å². The molecule has 1 fully saturated rings. The van der Waals surface area contributed by atoms with E-state index in [1.165, 1.54) is 0 Å². The van der Waals surface area contributed by atoms with Gasteiger partial charge in [0.15, 0.2) is 0 Å². The van der Waals surface area contributed by atoms with Crippen LogP contribution < -0.4 is 9.47 Å². The molecule has 0 spiro atoms. The first kappa shape index (κ1) is 25.5. The Morgan fingerprint density at radius 1 is 1.19 bits per heavy atom. The predicted octanol–water partition coefficient (Wildman–Crippen LogP) is 5.12. The molecular weight excluding hydrogens is 459 g/mol. The summed E-state index contributed by atoms with van der Waals surface area (Å²) in [5, 5.41) is 10.6. The number of likely N-dealkylation sites (tertiary alicyclic amines) is 1. The first-order valence-electron chi connectivity index (χ1n) is 12.1. The second-order valence-electron chi connectivity index (χ2n) is 9.09. The minimum atomic E-state index is -1.20. The normalized spacial score (nSPS) is 18.8. The van der Waals surface area contributed by atoms with E-state index in [4.69, 9.17) is 9.47 Å². The molecule has 2 aromatic carbocycles. The lowest BCUT2D eigenvalue weighted by Gasteiger charge is -2.35. The largest absolute Gasteiger partial charge is 0.497 e. The number of aliphatic carboxylic acids is 1. The van der Waals surface area contributed by atoms with Crippen LogP contribution in [0.15, 0.2) is 54.7 Å². The number of hydrogen-bond donors (Lipinski definition) is 1. The van der Waals surface area contributed by atoms with E-state index in [9.17, 15) is 9.90 Å². The highest BCUT2D eigenvalue weighted by atomic mass is 19.1. The van der Waals surface area contributed by atoms with Gasteiger partial charge in [0, 0.05) is 23.7 Å². The van der Waals surface area contributed by atoms with Gasteiger partial charge >= 0.3 is 5.97 Å². The molecule has 0 unspecified atom stereocenters. The highest BCUT2D eigenvalue weighted by Crippen LogP contribution is 2.35. The summed E-state index contributed by atoms with van der Waals surface area (Å²) in [7, 11) is 3.19. The number of nitrogens with zero attached hydrogens (tertiary/aromatic N) is 2. The maximum Gasteiger partial charge on any atom is 0.308 e. The quantitative estimate of drug-likeness (QED) is 0.442. The van der Waals surface area contributed by atoms with Crippen LogP contribution >= 0.6 is 0 Å². The Morgan fingerprint density at radius 3 is 2.78 bits per heavy atom. The predicted molar refractivity (Wildman–Crippen MR) is 137 cm³/mol. The summed E-state index contributed by atoms with van der Waals surface area (Å²) in [6, 6.07) is 14.7. The zero-order valence-corrected chi connectivity index (χ0v) is 20.6. The second kappa shape index (κ2) is 11.9. The molecule has 4 rings (SSSR count). The number of alkyl halides is 1. The van der Waals surface area contributed by atoms with Crippen molar-refractivity contribution in [2.45, 2.75) is 25.4 Å². The molecule has 0 amide bonds. The number of rotatable bonds is 8. The van der Waals surface area contributed by atoms with Crippen LogP contribution in [-0.4, -0.2) is 54.8 Å². The molecule has 0 bridgehead atoms. The molecule has 0 aliphatic carbocycles. The molecule has 36 heavy (non-hydrogen) atoms. The van der Waals surface area contributed by atoms with Gasteiger partial charge in [-0.25, -0.2) is 4.39 Å². The van der Waals surface area contributed by atoms with Crippen LogP contribution in [0.4, 0.5) is 4.39 Å². The smallest absolute Gasteiger partial charge is 0.308 e. The van der Waals surface area contributed by atoms with E-state index >= 15 is 4.39 Å². The molecule has 1 aromatic heterocycles. The molecule has 3 aromatic rings. The number of pyridine rings is 1. The van der Waals surface area contributed by atoms with Crippen molar-refractivity contribution in [2.75, 3.05) is 33.9 Å². The molecule has 1 aliphatic heterocycles. The maximum absolute atomic E-state index is 15.4. The molecule has 1 saturated heterocycles. The highest BCUT2D eigenvalue weighted by Gasteiger charge is 2.34. The number of hydrogen-bond acceptors (Lipinski definition) is 5. The van der Waals surface area contributed by atoms with Gasteiger partial charge in [-0.1, -0.05) is 17.9 Å². The molecular formula is C29H31FN2O4. The average Bonchev–Trinajstić information content (AvgIpc) is 2.91. The van der Waals surface area contributed by atoms with Crippen molar-refractivity contribution in [1.29, 1.82) is 0 Å². The Bertz CT molecular complexity index is 1270. The molecule has 188 valence electrons. The van der Waals surface area contributed by atoms with Gasteiger partial charge in [0.25, 0.3) is 0 Å². The van der Waals surface area contributed by atoms with Crippen LogP contribution in [-0.2, 0) is 4.79 Å². The second-order valence-corrected chi connectivity index (χ2v) is 9.09. The first-order chi connectivity index (χ1) is 17.5. The fraction of sp³-hybridized carbons (Fsp3) is 0.379. The molecule has 2 heterocycles. The number of ether oxygens (including phenoxy) is 2. The monoisotopic (exact) mass is 490 g/mol. The Morgan fingerprint density at radius 2 is 2.00 bits per heavy atom. The third kappa shape index (κ3) is 6.13. The first-order valence-corrected chi connectivity index (χ1v) is 12.1. The van der Waals surface area contributed by atoms with Crippen LogP contribution in [0.3, 0.4) is 0 Å². The summed E-state index contributed by atoms with van der Waals surface area (Å²) in [6.07, 6.45) is 1.89. The number of methoxy groups -OCH3 is 2. The van der Waals surface area contributed by atoms with Crippen LogP contribution in [0.25, 0.3) is 10.9 Å². The molecule has 3 atom stereocenters. The van der Waals surface area contributed by atoms with Crippen molar-refractivity contribution in [2.24, 2.45) is 11.8 Å². The van der Waals surface area contributed by atoms with E-state index in [1.807, 2.05) is 30.3 Å². The molecule has 7 heteroatoms. The van der Waals surface area contributed by atoms with Gasteiger partial charge in [0.1, 0.15) is 17.7 Å². The molecule has 1 aliphatic rings. The van der Waals surface area contributed by atoms with Gasteiger partial charge in [-0.3, -0.25) is 14.7 Å². The van der Waals surface area contributed by atoms with Crippen LogP contribution in [0.1, 0.15) is 36.6 Å². The lowest BCUT2D eigenvalue weighted by molar-refractivity contribution is -0.146. The summed E-state index contributed by atoms with van der Waals surface area (Å²) < 4.78 is 25.9. The molecule has 6 nitrogen and oxygen atoms in total. The van der Waals surface area contributed by atoms with E-state index < -0.39 is 18.1 Å². The van der Waals surface area contributed by atoms with Crippen molar-refractivity contribution in [3.05, 3.63) is 65.9 Å². The zero-order valence-electron chi connectivity index (χ0n) is 20.6. The summed E-state index contributed by atoms with van der Waals surface area (Å²) >= 11 is 0. The summed E-state index contributed by atoms with van der Waals surface area (Å²) in [4.78, 5) is 18.4. The number of halogens is 1. The third-order valence-electron chi connectivity index (χ3n) is 6.87. The maximum atomic E-state index is 15.4. The summed E-state index contributed by atoms with van der Waals surface area (Å²) in [6.45, 7) is 1.65. The minimum absolute atomic E-state index is 0.0778. The van der Waals surface area contributed by atoms with E-state index in [1.54, 1.807) is 38.6 Å². The van der Waals surface area contributed by atoms with Crippen LogP contribution in [0.5, 0.6) is 11.5 Å². The van der Waals surface area contributed by atoms with Crippen molar-refractivity contribution >= 4 is 16.9 Å². The minimum Gasteiger partial charge on any atom is -0.497 e. The average molecular weight is 491 g/mol. The number of benzene rings is 2. The number of carboxylic acids is 1. The Kier molecular flexibility index (Phi) is 8.40.